The smallest absolute Gasteiger partial charge is 0.277 e. The number of hydroxylamine groups is 1. The van der Waals surface area contributed by atoms with Gasteiger partial charge >= 0.3 is 0 Å². The van der Waals surface area contributed by atoms with Gasteiger partial charge in [0.1, 0.15) is 5.69 Å². The summed E-state index contributed by atoms with van der Waals surface area (Å²) in [5, 5.41) is 0. The predicted octanol–water partition coefficient (Wildman–Crippen LogP) is 0.935. The van der Waals surface area contributed by atoms with Gasteiger partial charge < -0.3 is 0 Å². The highest BCUT2D eigenvalue weighted by Gasteiger charge is 2.05. The molecular formula is C9H12N2O2. The fourth-order valence-corrected chi connectivity index (χ4v) is 0.963. The molecule has 0 saturated heterocycles. The summed E-state index contributed by atoms with van der Waals surface area (Å²) in [7, 11) is 1.39. The number of nitrogens with one attached hydrogen (secondary N) is 1. The Morgan fingerprint density at radius 2 is 2.46 bits per heavy atom. The SMILES string of the molecule is CCc1ccnc(C(=O)NOC)c1. The van der Waals surface area contributed by atoms with E-state index in [1.54, 1.807) is 12.3 Å². The number of aromatic nitrogens is 1. The summed E-state index contributed by atoms with van der Waals surface area (Å²) in [6.07, 6.45) is 2.50. The van der Waals surface area contributed by atoms with E-state index in [1.807, 2.05) is 13.0 Å². The van der Waals surface area contributed by atoms with Crippen LogP contribution in [0.2, 0.25) is 0 Å². The van der Waals surface area contributed by atoms with Crippen LogP contribution in [0, 0.1) is 0 Å². The van der Waals surface area contributed by atoms with Gasteiger partial charge in [-0.25, -0.2) is 5.48 Å². The Bertz CT molecular complexity index is 299. The van der Waals surface area contributed by atoms with E-state index in [0.717, 1.165) is 12.0 Å². The first-order chi connectivity index (χ1) is 6.27. The third kappa shape index (κ3) is 2.52. The highest BCUT2D eigenvalue weighted by atomic mass is 16.6. The van der Waals surface area contributed by atoms with Crippen LogP contribution in [-0.2, 0) is 11.3 Å². The minimum atomic E-state index is -0.321. The van der Waals surface area contributed by atoms with Crippen molar-refractivity contribution in [1.29, 1.82) is 0 Å². The molecule has 1 aromatic rings. The fraction of sp³-hybridized carbons (Fsp3) is 0.333. The second-order valence-corrected chi connectivity index (χ2v) is 2.54. The standard InChI is InChI=1S/C9H12N2O2/c1-3-7-4-5-10-8(6-7)9(12)11-13-2/h4-6H,3H2,1-2H3,(H,11,12). The summed E-state index contributed by atoms with van der Waals surface area (Å²) in [6.45, 7) is 2.02. The van der Waals surface area contributed by atoms with Crippen LogP contribution in [0.4, 0.5) is 0 Å². The Kier molecular flexibility index (Phi) is 3.40. The van der Waals surface area contributed by atoms with Crippen molar-refractivity contribution >= 4 is 5.91 Å². The third-order valence-corrected chi connectivity index (χ3v) is 1.66. The molecule has 0 bridgehead atoms. The van der Waals surface area contributed by atoms with E-state index in [4.69, 9.17) is 0 Å². The molecule has 0 spiro atoms. The molecule has 0 aliphatic carbocycles. The Labute approximate surface area is 76.9 Å². The lowest BCUT2D eigenvalue weighted by Crippen LogP contribution is -2.22. The topological polar surface area (TPSA) is 51.2 Å². The Balaban J connectivity index is 2.82. The number of aryl methyl sites for hydroxylation is 1. The first-order valence-electron chi connectivity index (χ1n) is 4.06. The lowest BCUT2D eigenvalue weighted by atomic mass is 10.2. The van der Waals surface area contributed by atoms with E-state index < -0.39 is 0 Å². The molecular weight excluding hydrogens is 168 g/mol. The molecule has 0 unspecified atom stereocenters. The van der Waals surface area contributed by atoms with Crippen LogP contribution < -0.4 is 5.48 Å². The monoisotopic (exact) mass is 180 g/mol. The van der Waals surface area contributed by atoms with Crippen molar-refractivity contribution in [1.82, 2.24) is 10.5 Å². The van der Waals surface area contributed by atoms with Gasteiger partial charge in [-0.1, -0.05) is 6.92 Å². The van der Waals surface area contributed by atoms with Crippen molar-refractivity contribution in [2.24, 2.45) is 0 Å². The van der Waals surface area contributed by atoms with E-state index in [2.05, 4.69) is 15.3 Å². The molecule has 0 aliphatic rings. The number of amides is 1. The lowest BCUT2D eigenvalue weighted by molar-refractivity contribution is 0.0532. The highest BCUT2D eigenvalue weighted by Crippen LogP contribution is 2.02. The number of carbonyl (C=O) groups is 1. The molecule has 4 heteroatoms. The average Bonchev–Trinajstić information content (AvgIpc) is 2.18. The van der Waals surface area contributed by atoms with Gasteiger partial charge in [0.05, 0.1) is 7.11 Å². The highest BCUT2D eigenvalue weighted by molar-refractivity contribution is 5.91. The molecule has 1 rings (SSSR count). The molecule has 0 saturated carbocycles. The summed E-state index contributed by atoms with van der Waals surface area (Å²) in [4.78, 5) is 19.6. The first kappa shape index (κ1) is 9.67. The Hall–Kier alpha value is -1.42. The van der Waals surface area contributed by atoms with E-state index in [9.17, 15) is 4.79 Å². The van der Waals surface area contributed by atoms with E-state index in [0.29, 0.717) is 5.69 Å². The lowest BCUT2D eigenvalue weighted by Gasteiger charge is -2.02. The molecule has 70 valence electrons. The molecule has 1 amide bonds. The van der Waals surface area contributed by atoms with Crippen LogP contribution in [-0.4, -0.2) is 18.0 Å². The van der Waals surface area contributed by atoms with Crippen LogP contribution in [0.1, 0.15) is 23.0 Å². The van der Waals surface area contributed by atoms with Crippen molar-refractivity contribution < 1.29 is 9.63 Å². The summed E-state index contributed by atoms with van der Waals surface area (Å²) in [6, 6.07) is 3.62. The third-order valence-electron chi connectivity index (χ3n) is 1.66. The van der Waals surface area contributed by atoms with Crippen LogP contribution in [0.5, 0.6) is 0 Å². The van der Waals surface area contributed by atoms with E-state index in [-0.39, 0.29) is 5.91 Å². The van der Waals surface area contributed by atoms with Crippen molar-refractivity contribution in [3.8, 4) is 0 Å². The van der Waals surface area contributed by atoms with Crippen molar-refractivity contribution in [3.05, 3.63) is 29.6 Å². The minimum absolute atomic E-state index is 0.321. The molecule has 0 aromatic carbocycles. The second kappa shape index (κ2) is 4.57. The number of carbonyl (C=O) groups excluding carboxylic acids is 1. The molecule has 4 nitrogen and oxygen atoms in total. The molecule has 1 aromatic heterocycles. The Morgan fingerprint density at radius 3 is 3.08 bits per heavy atom. The molecule has 0 radical (unpaired) electrons. The average molecular weight is 180 g/mol. The van der Waals surface area contributed by atoms with Gasteiger partial charge in [0.15, 0.2) is 0 Å². The van der Waals surface area contributed by atoms with Gasteiger partial charge in [-0.05, 0) is 24.1 Å². The second-order valence-electron chi connectivity index (χ2n) is 2.54. The van der Waals surface area contributed by atoms with Crippen molar-refractivity contribution in [2.45, 2.75) is 13.3 Å². The molecule has 1 heterocycles. The number of rotatable bonds is 3. The van der Waals surface area contributed by atoms with Gasteiger partial charge in [0, 0.05) is 6.20 Å². The maximum Gasteiger partial charge on any atom is 0.293 e. The van der Waals surface area contributed by atoms with Gasteiger partial charge in [0.25, 0.3) is 5.91 Å². The molecule has 13 heavy (non-hydrogen) atoms. The molecule has 0 fully saturated rings. The van der Waals surface area contributed by atoms with Gasteiger partial charge in [-0.2, -0.15) is 0 Å². The molecule has 0 aliphatic heterocycles. The van der Waals surface area contributed by atoms with Crippen LogP contribution in [0.25, 0.3) is 0 Å². The van der Waals surface area contributed by atoms with E-state index in [1.165, 1.54) is 7.11 Å². The normalized spacial score (nSPS) is 9.69. The Morgan fingerprint density at radius 1 is 1.69 bits per heavy atom. The molecule has 1 N–H and O–H groups in total. The summed E-state index contributed by atoms with van der Waals surface area (Å²) >= 11 is 0. The maximum atomic E-state index is 11.2. The van der Waals surface area contributed by atoms with Crippen molar-refractivity contribution in [3.63, 3.8) is 0 Å². The summed E-state index contributed by atoms with van der Waals surface area (Å²) < 4.78 is 0. The number of nitrogens with zero attached hydrogens (tertiary/aromatic N) is 1. The fourth-order valence-electron chi connectivity index (χ4n) is 0.963. The zero-order valence-corrected chi connectivity index (χ0v) is 7.70. The van der Waals surface area contributed by atoms with Crippen LogP contribution >= 0.6 is 0 Å². The largest absolute Gasteiger partial charge is 0.293 e. The number of hydrogen-bond donors (Lipinski definition) is 1. The van der Waals surface area contributed by atoms with Gasteiger partial charge in [-0.15, -0.1) is 0 Å². The number of hydrogen-bond acceptors (Lipinski definition) is 3. The zero-order chi connectivity index (χ0) is 9.68. The van der Waals surface area contributed by atoms with Gasteiger partial charge in [-0.3, -0.25) is 14.6 Å². The van der Waals surface area contributed by atoms with Crippen molar-refractivity contribution in [2.75, 3.05) is 7.11 Å². The first-order valence-corrected chi connectivity index (χ1v) is 4.06. The quantitative estimate of drug-likeness (QED) is 0.704. The zero-order valence-electron chi connectivity index (χ0n) is 7.70. The van der Waals surface area contributed by atoms with Crippen LogP contribution in [0.3, 0.4) is 0 Å². The predicted molar refractivity (Wildman–Crippen MR) is 48.1 cm³/mol. The van der Waals surface area contributed by atoms with E-state index >= 15 is 0 Å². The van der Waals surface area contributed by atoms with Crippen LogP contribution in [0.15, 0.2) is 18.3 Å². The maximum absolute atomic E-state index is 11.2. The summed E-state index contributed by atoms with van der Waals surface area (Å²) in [5.41, 5.74) is 3.67. The number of pyridine rings is 1. The summed E-state index contributed by atoms with van der Waals surface area (Å²) in [5.74, 6) is -0.321. The minimum Gasteiger partial charge on any atom is -0.277 e. The molecule has 0 atom stereocenters. The van der Waals surface area contributed by atoms with Gasteiger partial charge in [0.2, 0.25) is 0 Å².